The molecule has 0 radical (unpaired) electrons. The first-order valence-electron chi connectivity index (χ1n) is 6.06. The van der Waals surface area contributed by atoms with Crippen LogP contribution in [-0.4, -0.2) is 5.11 Å². The SMILES string of the molecule is CC(NOCc1ccccc1)c1ccc(O)cc1F. The fraction of sp³-hybridized carbons (Fsp3) is 0.200. The molecule has 3 nitrogen and oxygen atoms in total. The number of hydroxylamine groups is 1. The van der Waals surface area contributed by atoms with Gasteiger partial charge in [-0.1, -0.05) is 36.4 Å². The van der Waals surface area contributed by atoms with Crippen molar-refractivity contribution in [3.05, 3.63) is 65.5 Å². The first-order chi connectivity index (χ1) is 9.16. The van der Waals surface area contributed by atoms with Crippen LogP contribution in [0, 0.1) is 5.82 Å². The van der Waals surface area contributed by atoms with Gasteiger partial charge in [0.1, 0.15) is 11.6 Å². The molecule has 2 aromatic carbocycles. The molecule has 1 atom stereocenters. The molecule has 0 aliphatic carbocycles. The van der Waals surface area contributed by atoms with E-state index in [1.165, 1.54) is 12.1 Å². The molecule has 19 heavy (non-hydrogen) atoms. The highest BCUT2D eigenvalue weighted by molar-refractivity contribution is 5.29. The molecule has 0 aromatic heterocycles. The van der Waals surface area contributed by atoms with Crippen molar-refractivity contribution < 1.29 is 14.3 Å². The molecular formula is C15H16FNO2. The summed E-state index contributed by atoms with van der Waals surface area (Å²) in [6.07, 6.45) is 0. The van der Waals surface area contributed by atoms with Gasteiger partial charge in [-0.2, -0.15) is 5.48 Å². The van der Waals surface area contributed by atoms with Gasteiger partial charge in [-0.3, -0.25) is 4.84 Å². The maximum atomic E-state index is 13.6. The maximum Gasteiger partial charge on any atom is 0.131 e. The van der Waals surface area contributed by atoms with Crippen molar-refractivity contribution in [1.82, 2.24) is 5.48 Å². The van der Waals surface area contributed by atoms with Crippen LogP contribution in [0.1, 0.15) is 24.1 Å². The molecule has 0 amide bonds. The molecule has 0 spiro atoms. The summed E-state index contributed by atoms with van der Waals surface area (Å²) in [5.41, 5.74) is 4.27. The van der Waals surface area contributed by atoms with Crippen molar-refractivity contribution in [1.29, 1.82) is 0 Å². The second kappa shape index (κ2) is 6.31. The van der Waals surface area contributed by atoms with Crippen molar-refractivity contribution >= 4 is 0 Å². The molecule has 0 aliphatic heterocycles. The monoisotopic (exact) mass is 261 g/mol. The van der Waals surface area contributed by atoms with Crippen LogP contribution in [0.3, 0.4) is 0 Å². The molecule has 2 rings (SSSR count). The first-order valence-corrected chi connectivity index (χ1v) is 6.06. The lowest BCUT2D eigenvalue weighted by Crippen LogP contribution is -2.19. The first kappa shape index (κ1) is 13.5. The van der Waals surface area contributed by atoms with Gasteiger partial charge in [-0.05, 0) is 18.6 Å². The molecule has 0 saturated carbocycles. The summed E-state index contributed by atoms with van der Waals surface area (Å²) in [6, 6.07) is 13.5. The molecule has 1 unspecified atom stereocenters. The number of hydrogen-bond acceptors (Lipinski definition) is 3. The van der Waals surface area contributed by atoms with Crippen molar-refractivity contribution in [2.24, 2.45) is 0 Å². The van der Waals surface area contributed by atoms with E-state index in [-0.39, 0.29) is 11.8 Å². The van der Waals surface area contributed by atoms with Gasteiger partial charge in [0.15, 0.2) is 0 Å². The minimum atomic E-state index is -0.455. The van der Waals surface area contributed by atoms with Gasteiger partial charge in [-0.25, -0.2) is 4.39 Å². The molecule has 2 aromatic rings. The minimum absolute atomic E-state index is 0.0846. The van der Waals surface area contributed by atoms with Gasteiger partial charge in [0.05, 0.1) is 12.6 Å². The normalized spacial score (nSPS) is 12.3. The zero-order chi connectivity index (χ0) is 13.7. The molecule has 0 saturated heterocycles. The van der Waals surface area contributed by atoms with Gasteiger partial charge in [0.25, 0.3) is 0 Å². The number of nitrogens with one attached hydrogen (secondary N) is 1. The summed E-state index contributed by atoms with van der Waals surface area (Å²) in [5, 5.41) is 9.15. The fourth-order valence-corrected chi connectivity index (χ4v) is 1.75. The van der Waals surface area contributed by atoms with Gasteiger partial charge in [0, 0.05) is 11.6 Å². The van der Waals surface area contributed by atoms with Crippen molar-refractivity contribution in [2.45, 2.75) is 19.6 Å². The van der Waals surface area contributed by atoms with Crippen molar-refractivity contribution in [3.8, 4) is 5.75 Å². The summed E-state index contributed by atoms with van der Waals surface area (Å²) < 4.78 is 13.6. The van der Waals surface area contributed by atoms with E-state index in [1.54, 1.807) is 6.92 Å². The van der Waals surface area contributed by atoms with Crippen molar-refractivity contribution in [3.63, 3.8) is 0 Å². The molecule has 2 N–H and O–H groups in total. The highest BCUT2D eigenvalue weighted by Crippen LogP contribution is 2.21. The Bertz CT molecular complexity index is 531. The van der Waals surface area contributed by atoms with Crippen molar-refractivity contribution in [2.75, 3.05) is 0 Å². The molecule has 100 valence electrons. The van der Waals surface area contributed by atoms with E-state index in [0.717, 1.165) is 11.6 Å². The van der Waals surface area contributed by atoms with Gasteiger partial charge in [-0.15, -0.1) is 0 Å². The minimum Gasteiger partial charge on any atom is -0.508 e. The lowest BCUT2D eigenvalue weighted by atomic mass is 10.1. The van der Waals surface area contributed by atoms with Crippen LogP contribution in [0.5, 0.6) is 5.75 Å². The number of phenols is 1. The second-order valence-electron chi connectivity index (χ2n) is 4.32. The lowest BCUT2D eigenvalue weighted by Gasteiger charge is -2.15. The van der Waals surface area contributed by atoms with E-state index in [0.29, 0.717) is 12.2 Å². The Kier molecular flexibility index (Phi) is 4.49. The van der Waals surface area contributed by atoms with Crippen LogP contribution in [0.2, 0.25) is 0 Å². The third-order valence-electron chi connectivity index (χ3n) is 2.79. The molecule has 0 aliphatic rings. The Hall–Kier alpha value is -1.91. The largest absolute Gasteiger partial charge is 0.508 e. The Morgan fingerprint density at radius 3 is 2.63 bits per heavy atom. The lowest BCUT2D eigenvalue weighted by molar-refractivity contribution is 0.00627. The topological polar surface area (TPSA) is 41.5 Å². The average molecular weight is 261 g/mol. The molecule has 0 fully saturated rings. The fourth-order valence-electron chi connectivity index (χ4n) is 1.75. The van der Waals surface area contributed by atoms with Crippen LogP contribution in [0.25, 0.3) is 0 Å². The summed E-state index contributed by atoms with van der Waals surface area (Å²) >= 11 is 0. The van der Waals surface area contributed by atoms with Crippen LogP contribution in [0.15, 0.2) is 48.5 Å². The van der Waals surface area contributed by atoms with E-state index >= 15 is 0 Å². The molecule has 4 heteroatoms. The quantitative estimate of drug-likeness (QED) is 0.811. The summed E-state index contributed by atoms with van der Waals surface area (Å²) in [7, 11) is 0. The maximum absolute atomic E-state index is 13.6. The van der Waals surface area contributed by atoms with Crippen LogP contribution >= 0.6 is 0 Å². The standard InChI is InChI=1S/C15H16FNO2/c1-11(14-8-7-13(18)9-15(14)16)17-19-10-12-5-3-2-4-6-12/h2-9,11,17-18H,10H2,1H3. The van der Waals surface area contributed by atoms with Gasteiger partial charge >= 0.3 is 0 Å². The third-order valence-corrected chi connectivity index (χ3v) is 2.79. The highest BCUT2D eigenvalue weighted by atomic mass is 19.1. The third kappa shape index (κ3) is 3.77. The number of hydrogen-bond donors (Lipinski definition) is 2. The molecule has 0 bridgehead atoms. The van der Waals surface area contributed by atoms with Crippen LogP contribution < -0.4 is 5.48 Å². The number of rotatable bonds is 5. The zero-order valence-corrected chi connectivity index (χ0v) is 10.6. The van der Waals surface area contributed by atoms with E-state index < -0.39 is 5.82 Å². The van der Waals surface area contributed by atoms with Gasteiger partial charge < -0.3 is 5.11 Å². The summed E-state index contributed by atoms with van der Waals surface area (Å²) in [6.45, 7) is 2.20. The summed E-state index contributed by atoms with van der Waals surface area (Å²) in [4.78, 5) is 5.34. The zero-order valence-electron chi connectivity index (χ0n) is 10.6. The van der Waals surface area contributed by atoms with E-state index in [4.69, 9.17) is 9.94 Å². The Morgan fingerprint density at radius 2 is 1.95 bits per heavy atom. The predicted octanol–water partition coefficient (Wildman–Crippen LogP) is 3.31. The number of halogens is 1. The smallest absolute Gasteiger partial charge is 0.131 e. The Balaban J connectivity index is 1.89. The number of phenolic OH excluding ortho intramolecular Hbond substituents is 1. The second-order valence-corrected chi connectivity index (χ2v) is 4.32. The van der Waals surface area contributed by atoms with E-state index in [9.17, 15) is 4.39 Å². The van der Waals surface area contributed by atoms with E-state index in [1.807, 2.05) is 30.3 Å². The number of aromatic hydroxyl groups is 1. The average Bonchev–Trinajstić information content (AvgIpc) is 2.39. The van der Waals surface area contributed by atoms with Gasteiger partial charge in [0.2, 0.25) is 0 Å². The summed E-state index contributed by atoms with van der Waals surface area (Å²) in [5.74, 6) is -0.540. The van der Waals surface area contributed by atoms with E-state index in [2.05, 4.69) is 5.48 Å². The number of benzene rings is 2. The molecule has 0 heterocycles. The Labute approximate surface area is 111 Å². The van der Waals surface area contributed by atoms with Crippen LogP contribution in [-0.2, 0) is 11.4 Å². The van der Waals surface area contributed by atoms with Crippen LogP contribution in [0.4, 0.5) is 4.39 Å². The Morgan fingerprint density at radius 1 is 1.21 bits per heavy atom. The highest BCUT2D eigenvalue weighted by Gasteiger charge is 2.11. The molecular weight excluding hydrogens is 245 g/mol. The predicted molar refractivity (Wildman–Crippen MR) is 70.8 cm³/mol.